The minimum atomic E-state index is -0.917. The summed E-state index contributed by atoms with van der Waals surface area (Å²) >= 11 is 0. The first-order valence-corrected chi connectivity index (χ1v) is 7.66. The van der Waals surface area contributed by atoms with Crippen molar-refractivity contribution >= 4 is 16.7 Å². The van der Waals surface area contributed by atoms with E-state index in [2.05, 4.69) is 27.8 Å². The summed E-state index contributed by atoms with van der Waals surface area (Å²) < 4.78 is 13.9. The van der Waals surface area contributed by atoms with Gasteiger partial charge < -0.3 is 5.32 Å². The molecule has 1 saturated heterocycles. The van der Waals surface area contributed by atoms with Gasteiger partial charge in [0.25, 0.3) is 0 Å². The lowest BCUT2D eigenvalue weighted by Crippen LogP contribution is -2.43. The maximum Gasteiger partial charge on any atom is 0.116 e. The molecule has 0 aliphatic carbocycles. The smallest absolute Gasteiger partial charge is 0.116 e. The minimum Gasteiger partial charge on any atom is -0.317 e. The molecule has 0 saturated carbocycles. The van der Waals surface area contributed by atoms with E-state index in [1.807, 2.05) is 6.07 Å². The molecule has 92 valence electrons. The molecule has 1 spiro atoms. The Kier molecular flexibility index (Phi) is 2.71. The second-order valence-corrected chi connectivity index (χ2v) is 6.30. The zero-order chi connectivity index (χ0) is 11.9. The Hall–Kier alpha value is -0.870. The van der Waals surface area contributed by atoms with Crippen molar-refractivity contribution in [3.63, 3.8) is 0 Å². The predicted octanol–water partition coefficient (Wildman–Crippen LogP) is 1.42. The van der Waals surface area contributed by atoms with Crippen molar-refractivity contribution in [2.24, 2.45) is 0 Å². The first kappa shape index (κ1) is 11.2. The molecule has 1 atom stereocenters. The minimum absolute atomic E-state index is 0.230. The molecule has 1 aromatic rings. The molecule has 2 heterocycles. The third kappa shape index (κ3) is 1.70. The number of hydrogen-bond donors (Lipinski definition) is 1. The molecule has 1 unspecified atom stereocenters. The molecule has 1 aromatic carbocycles. The van der Waals surface area contributed by atoms with Crippen molar-refractivity contribution in [2.45, 2.75) is 18.3 Å². The lowest BCUT2D eigenvalue weighted by molar-refractivity contribution is 0.331. The van der Waals surface area contributed by atoms with Gasteiger partial charge >= 0.3 is 0 Å². The topological polar surface area (TPSA) is 32.3 Å². The van der Waals surface area contributed by atoms with Crippen LogP contribution in [0.2, 0.25) is 0 Å². The summed E-state index contributed by atoms with van der Waals surface area (Å²) in [5.41, 5.74) is 2.81. The van der Waals surface area contributed by atoms with Crippen molar-refractivity contribution in [3.05, 3.63) is 29.8 Å². The average Bonchev–Trinajstić information content (AvgIpc) is 2.66. The third-order valence-electron chi connectivity index (χ3n) is 4.06. The van der Waals surface area contributed by atoms with Gasteiger partial charge in [0.1, 0.15) is 11.0 Å². The van der Waals surface area contributed by atoms with Crippen LogP contribution in [0.5, 0.6) is 0 Å². The van der Waals surface area contributed by atoms with Crippen LogP contribution >= 0.6 is 0 Å². The van der Waals surface area contributed by atoms with Crippen molar-refractivity contribution in [2.75, 3.05) is 30.2 Å². The second kappa shape index (κ2) is 4.10. The number of fused-ring (bicyclic) bond motifs is 2. The Morgan fingerprint density at radius 2 is 2.00 bits per heavy atom. The molecule has 2 aliphatic rings. The summed E-state index contributed by atoms with van der Waals surface area (Å²) in [5.74, 6) is 0. The largest absolute Gasteiger partial charge is 0.317 e. The Morgan fingerprint density at radius 3 is 2.71 bits per heavy atom. The molecule has 1 N–H and O–H groups in total. The molecule has 0 aromatic heterocycles. The van der Waals surface area contributed by atoms with Crippen LogP contribution in [0.25, 0.3) is 0 Å². The Morgan fingerprint density at radius 1 is 1.29 bits per heavy atom. The standard InChI is InChI=1S/C13H18N2OS/c1-17(16)15-10-13(6-8-14-9-7-13)11-4-2-3-5-12(11)15/h2-5,14H,6-10H2,1H3. The van der Waals surface area contributed by atoms with E-state index in [9.17, 15) is 4.21 Å². The molecule has 4 heteroatoms. The summed E-state index contributed by atoms with van der Waals surface area (Å²) in [6, 6.07) is 8.46. The van der Waals surface area contributed by atoms with Crippen molar-refractivity contribution in [1.82, 2.24) is 5.32 Å². The summed E-state index contributed by atoms with van der Waals surface area (Å²) in [5, 5.41) is 3.42. The van der Waals surface area contributed by atoms with Gasteiger partial charge in [0, 0.05) is 18.2 Å². The Balaban J connectivity index is 2.07. The van der Waals surface area contributed by atoms with E-state index in [0.717, 1.165) is 32.5 Å². The fraction of sp³-hybridized carbons (Fsp3) is 0.538. The molecule has 0 bridgehead atoms. The van der Waals surface area contributed by atoms with E-state index in [-0.39, 0.29) is 5.41 Å². The summed E-state index contributed by atoms with van der Waals surface area (Å²) in [6.07, 6.45) is 4.08. The number of para-hydroxylation sites is 1. The van der Waals surface area contributed by atoms with E-state index in [0.29, 0.717) is 0 Å². The molecule has 2 aliphatic heterocycles. The quantitative estimate of drug-likeness (QED) is 0.817. The van der Waals surface area contributed by atoms with Crippen LogP contribution < -0.4 is 9.62 Å². The maximum atomic E-state index is 11.9. The van der Waals surface area contributed by atoms with Crippen LogP contribution in [0, 0.1) is 0 Å². The van der Waals surface area contributed by atoms with Gasteiger partial charge in [0.2, 0.25) is 0 Å². The number of rotatable bonds is 1. The monoisotopic (exact) mass is 250 g/mol. The van der Waals surface area contributed by atoms with Crippen LogP contribution in [0.15, 0.2) is 24.3 Å². The molecular formula is C13H18N2OS. The molecular weight excluding hydrogens is 232 g/mol. The molecule has 3 nitrogen and oxygen atoms in total. The van der Waals surface area contributed by atoms with Gasteiger partial charge in [-0.25, -0.2) is 4.21 Å². The number of hydrogen-bond acceptors (Lipinski definition) is 2. The molecule has 3 rings (SSSR count). The maximum absolute atomic E-state index is 11.9. The predicted molar refractivity (Wildman–Crippen MR) is 71.6 cm³/mol. The fourth-order valence-corrected chi connectivity index (χ4v) is 4.01. The Labute approximate surface area is 105 Å². The van der Waals surface area contributed by atoms with Crippen molar-refractivity contribution < 1.29 is 4.21 Å². The van der Waals surface area contributed by atoms with Crippen molar-refractivity contribution in [1.29, 1.82) is 0 Å². The second-order valence-electron chi connectivity index (χ2n) is 5.01. The van der Waals surface area contributed by atoms with Gasteiger partial charge in [0.05, 0.1) is 5.69 Å². The number of piperidine rings is 1. The van der Waals surface area contributed by atoms with Crippen LogP contribution in [-0.2, 0) is 16.4 Å². The van der Waals surface area contributed by atoms with Crippen LogP contribution in [0.3, 0.4) is 0 Å². The van der Waals surface area contributed by atoms with Gasteiger partial charge in [-0.3, -0.25) is 4.31 Å². The normalized spacial score (nSPS) is 23.7. The Bertz CT molecular complexity index is 454. The van der Waals surface area contributed by atoms with E-state index < -0.39 is 11.0 Å². The summed E-state index contributed by atoms with van der Waals surface area (Å²) in [7, 11) is -0.917. The van der Waals surface area contributed by atoms with E-state index in [4.69, 9.17) is 0 Å². The molecule has 0 amide bonds. The van der Waals surface area contributed by atoms with Gasteiger partial charge in [-0.2, -0.15) is 0 Å². The summed E-state index contributed by atoms with van der Waals surface area (Å²) in [6.45, 7) is 3.05. The number of nitrogens with zero attached hydrogens (tertiary/aromatic N) is 1. The van der Waals surface area contributed by atoms with Crippen LogP contribution in [0.1, 0.15) is 18.4 Å². The van der Waals surface area contributed by atoms with Gasteiger partial charge in [-0.1, -0.05) is 18.2 Å². The van der Waals surface area contributed by atoms with Crippen molar-refractivity contribution in [3.8, 4) is 0 Å². The number of nitrogens with one attached hydrogen (secondary N) is 1. The highest BCUT2D eigenvalue weighted by Gasteiger charge is 2.44. The zero-order valence-corrected chi connectivity index (χ0v) is 10.9. The first-order valence-electron chi connectivity index (χ1n) is 6.14. The fourth-order valence-electron chi connectivity index (χ4n) is 3.15. The van der Waals surface area contributed by atoms with Crippen LogP contribution in [-0.4, -0.2) is 30.1 Å². The third-order valence-corrected chi connectivity index (χ3v) is 5.01. The molecule has 17 heavy (non-hydrogen) atoms. The summed E-state index contributed by atoms with van der Waals surface area (Å²) in [4.78, 5) is 0. The van der Waals surface area contributed by atoms with Gasteiger partial charge in [0.15, 0.2) is 0 Å². The molecule has 0 radical (unpaired) electrons. The molecule has 1 fully saturated rings. The highest BCUT2D eigenvalue weighted by Crippen LogP contribution is 2.46. The van der Waals surface area contributed by atoms with E-state index >= 15 is 0 Å². The number of benzene rings is 1. The first-order chi connectivity index (χ1) is 8.23. The van der Waals surface area contributed by atoms with Gasteiger partial charge in [-0.05, 0) is 37.6 Å². The van der Waals surface area contributed by atoms with Crippen LogP contribution in [0.4, 0.5) is 5.69 Å². The van der Waals surface area contributed by atoms with E-state index in [1.54, 1.807) is 6.26 Å². The highest BCUT2D eigenvalue weighted by atomic mass is 32.2. The van der Waals surface area contributed by atoms with Gasteiger partial charge in [-0.15, -0.1) is 0 Å². The lowest BCUT2D eigenvalue weighted by Gasteiger charge is -2.34. The number of anilines is 1. The highest BCUT2D eigenvalue weighted by molar-refractivity contribution is 7.85. The zero-order valence-electron chi connectivity index (χ0n) is 10.1. The lowest BCUT2D eigenvalue weighted by atomic mass is 9.75. The van der Waals surface area contributed by atoms with E-state index in [1.165, 1.54) is 11.3 Å². The SMILES string of the molecule is CS(=O)N1CC2(CCNCC2)c2ccccc21. The average molecular weight is 250 g/mol.